The van der Waals surface area contributed by atoms with Crippen LogP contribution >= 0.6 is 0 Å². The Morgan fingerprint density at radius 2 is 1.47 bits per heavy atom. The maximum atomic E-state index is 5.37. The first-order chi connectivity index (χ1) is 8.28. The molecule has 3 heteroatoms. The van der Waals surface area contributed by atoms with Crippen molar-refractivity contribution in [2.45, 2.75) is 34.1 Å². The number of hydrogen-bond acceptors (Lipinski definition) is 3. The van der Waals surface area contributed by atoms with Crippen LogP contribution in [0.3, 0.4) is 0 Å². The monoisotopic (exact) mass is 242 g/mol. The van der Waals surface area contributed by atoms with Crippen molar-refractivity contribution in [2.24, 2.45) is 5.41 Å². The summed E-state index contributed by atoms with van der Waals surface area (Å²) < 4.78 is 5.37. The number of ether oxygens (including phenoxy) is 1. The molecule has 3 nitrogen and oxygen atoms in total. The molecule has 102 valence electrons. The second kappa shape index (κ2) is 7.34. The minimum Gasteiger partial charge on any atom is -0.380 e. The van der Waals surface area contributed by atoms with Gasteiger partial charge in [-0.3, -0.25) is 4.90 Å². The van der Waals surface area contributed by atoms with Crippen LogP contribution < -0.4 is 0 Å². The minimum absolute atomic E-state index is 0.682. The molecule has 1 spiro atoms. The molecule has 0 bridgehead atoms. The van der Waals surface area contributed by atoms with E-state index < -0.39 is 0 Å². The van der Waals surface area contributed by atoms with E-state index in [0.717, 1.165) is 19.8 Å². The Morgan fingerprint density at radius 1 is 0.941 bits per heavy atom. The summed E-state index contributed by atoms with van der Waals surface area (Å²) in [6.45, 7) is 17.8. The van der Waals surface area contributed by atoms with Crippen LogP contribution in [0.1, 0.15) is 34.1 Å². The van der Waals surface area contributed by atoms with Crippen molar-refractivity contribution in [1.82, 2.24) is 9.80 Å². The summed E-state index contributed by atoms with van der Waals surface area (Å²) in [4.78, 5) is 5.11. The van der Waals surface area contributed by atoms with E-state index in [1.165, 1.54) is 39.1 Å². The van der Waals surface area contributed by atoms with Crippen molar-refractivity contribution in [3.63, 3.8) is 0 Å². The van der Waals surface area contributed by atoms with E-state index in [-0.39, 0.29) is 0 Å². The van der Waals surface area contributed by atoms with Crippen LogP contribution in [0.15, 0.2) is 0 Å². The van der Waals surface area contributed by atoms with Gasteiger partial charge in [0.1, 0.15) is 0 Å². The summed E-state index contributed by atoms with van der Waals surface area (Å²) >= 11 is 0. The zero-order valence-electron chi connectivity index (χ0n) is 12.2. The van der Waals surface area contributed by atoms with Crippen LogP contribution in [-0.2, 0) is 4.74 Å². The van der Waals surface area contributed by atoms with E-state index in [2.05, 4.69) is 23.6 Å². The highest BCUT2D eigenvalue weighted by molar-refractivity contribution is 5.05. The van der Waals surface area contributed by atoms with E-state index in [1.54, 1.807) is 0 Å². The lowest BCUT2D eigenvalue weighted by molar-refractivity contribution is -0.118. The predicted molar refractivity (Wildman–Crippen MR) is 73.4 cm³/mol. The molecule has 2 saturated heterocycles. The normalized spacial score (nSPS) is 22.6. The summed E-state index contributed by atoms with van der Waals surface area (Å²) in [7, 11) is 0. The fraction of sp³-hybridized carbons (Fsp3) is 1.00. The molecule has 0 saturated carbocycles. The highest BCUT2D eigenvalue weighted by atomic mass is 16.5. The van der Waals surface area contributed by atoms with Crippen molar-refractivity contribution in [3.8, 4) is 0 Å². The molecule has 0 aromatic heterocycles. The quantitative estimate of drug-likeness (QED) is 0.663. The standard InChI is InChI=1S/C12H24N2O.C2H6/c1-3-5-13-8-12(9-13)10-14(11-12)6-7-15-4-2;1-2/h3-11H2,1-2H3;1-2H3. The van der Waals surface area contributed by atoms with E-state index in [9.17, 15) is 0 Å². The van der Waals surface area contributed by atoms with Crippen molar-refractivity contribution in [2.75, 3.05) is 52.5 Å². The maximum Gasteiger partial charge on any atom is 0.0593 e. The minimum atomic E-state index is 0.682. The van der Waals surface area contributed by atoms with Gasteiger partial charge in [0.2, 0.25) is 0 Å². The molecule has 0 unspecified atom stereocenters. The fourth-order valence-corrected chi connectivity index (χ4v) is 2.98. The molecular weight excluding hydrogens is 212 g/mol. The molecule has 17 heavy (non-hydrogen) atoms. The lowest BCUT2D eigenvalue weighted by Crippen LogP contribution is -2.72. The molecule has 0 atom stereocenters. The summed E-state index contributed by atoms with van der Waals surface area (Å²) in [6, 6.07) is 0. The first-order valence-electron chi connectivity index (χ1n) is 7.30. The van der Waals surface area contributed by atoms with Crippen LogP contribution in [-0.4, -0.2) is 62.3 Å². The highest BCUT2D eigenvalue weighted by Crippen LogP contribution is 2.39. The van der Waals surface area contributed by atoms with Crippen molar-refractivity contribution < 1.29 is 4.74 Å². The zero-order valence-corrected chi connectivity index (χ0v) is 12.2. The van der Waals surface area contributed by atoms with Gasteiger partial charge >= 0.3 is 0 Å². The second-order valence-corrected chi connectivity index (χ2v) is 5.12. The van der Waals surface area contributed by atoms with Crippen LogP contribution in [0.4, 0.5) is 0 Å². The molecule has 0 aromatic carbocycles. The Morgan fingerprint density at radius 3 is 1.94 bits per heavy atom. The van der Waals surface area contributed by atoms with Gasteiger partial charge in [-0.2, -0.15) is 0 Å². The van der Waals surface area contributed by atoms with Gasteiger partial charge in [-0.15, -0.1) is 0 Å². The lowest BCUT2D eigenvalue weighted by Gasteiger charge is -2.60. The largest absolute Gasteiger partial charge is 0.380 e. The average Bonchev–Trinajstić information content (AvgIpc) is 2.26. The Kier molecular flexibility index (Phi) is 6.45. The molecule has 0 amide bonds. The molecule has 2 aliphatic heterocycles. The van der Waals surface area contributed by atoms with Crippen LogP contribution in [0.2, 0.25) is 0 Å². The van der Waals surface area contributed by atoms with E-state index in [1.807, 2.05) is 13.8 Å². The first-order valence-corrected chi connectivity index (χ1v) is 7.30. The van der Waals surface area contributed by atoms with Gasteiger partial charge in [-0.1, -0.05) is 20.8 Å². The highest BCUT2D eigenvalue weighted by Gasteiger charge is 2.50. The third kappa shape index (κ3) is 3.94. The van der Waals surface area contributed by atoms with Crippen LogP contribution in [0.5, 0.6) is 0 Å². The molecule has 0 radical (unpaired) electrons. The summed E-state index contributed by atoms with van der Waals surface area (Å²) in [5.41, 5.74) is 0.682. The molecule has 2 aliphatic rings. The van der Waals surface area contributed by atoms with E-state index in [0.29, 0.717) is 5.41 Å². The Bertz CT molecular complexity index is 194. The molecule has 2 rings (SSSR count). The van der Waals surface area contributed by atoms with Gasteiger partial charge in [-0.05, 0) is 19.9 Å². The van der Waals surface area contributed by atoms with Crippen LogP contribution in [0, 0.1) is 5.41 Å². The molecular formula is C14H30N2O. The smallest absolute Gasteiger partial charge is 0.0593 e. The van der Waals surface area contributed by atoms with E-state index in [4.69, 9.17) is 4.74 Å². The Hall–Kier alpha value is -0.120. The number of nitrogens with zero attached hydrogens (tertiary/aromatic N) is 2. The van der Waals surface area contributed by atoms with Crippen molar-refractivity contribution >= 4 is 0 Å². The van der Waals surface area contributed by atoms with Gasteiger partial charge in [0.25, 0.3) is 0 Å². The van der Waals surface area contributed by atoms with Crippen LogP contribution in [0.25, 0.3) is 0 Å². The number of hydrogen-bond donors (Lipinski definition) is 0. The Labute approximate surface area is 107 Å². The topological polar surface area (TPSA) is 15.7 Å². The third-order valence-corrected chi connectivity index (χ3v) is 3.53. The average molecular weight is 242 g/mol. The van der Waals surface area contributed by atoms with Gasteiger partial charge in [0.15, 0.2) is 0 Å². The summed E-state index contributed by atoms with van der Waals surface area (Å²) in [5.74, 6) is 0. The molecule has 0 N–H and O–H groups in total. The number of rotatable bonds is 6. The van der Waals surface area contributed by atoms with Gasteiger partial charge < -0.3 is 9.64 Å². The number of likely N-dealkylation sites (tertiary alicyclic amines) is 2. The van der Waals surface area contributed by atoms with Crippen molar-refractivity contribution in [3.05, 3.63) is 0 Å². The molecule has 2 heterocycles. The molecule has 0 aromatic rings. The fourth-order valence-electron chi connectivity index (χ4n) is 2.98. The Balaban J connectivity index is 0.000000686. The third-order valence-electron chi connectivity index (χ3n) is 3.53. The van der Waals surface area contributed by atoms with E-state index >= 15 is 0 Å². The molecule has 2 fully saturated rings. The second-order valence-electron chi connectivity index (χ2n) is 5.12. The maximum absolute atomic E-state index is 5.37. The summed E-state index contributed by atoms with van der Waals surface area (Å²) in [6.07, 6.45) is 1.30. The first kappa shape index (κ1) is 14.9. The summed E-state index contributed by atoms with van der Waals surface area (Å²) in [5, 5.41) is 0. The zero-order chi connectivity index (χ0) is 12.7. The SMILES string of the molecule is CC.CCCN1CC2(C1)CN(CCOCC)C2. The van der Waals surface area contributed by atoms with Gasteiger partial charge in [-0.25, -0.2) is 0 Å². The van der Waals surface area contributed by atoms with Gasteiger partial charge in [0, 0.05) is 44.7 Å². The molecule has 0 aliphatic carbocycles. The lowest BCUT2D eigenvalue weighted by atomic mass is 9.73. The van der Waals surface area contributed by atoms with Gasteiger partial charge in [0.05, 0.1) is 6.61 Å². The van der Waals surface area contributed by atoms with Crippen molar-refractivity contribution in [1.29, 1.82) is 0 Å². The predicted octanol–water partition coefficient (Wildman–Crippen LogP) is 2.08.